The third-order valence-corrected chi connectivity index (χ3v) is 2.40. The van der Waals surface area contributed by atoms with Crippen LogP contribution in [0, 0.1) is 0 Å². The zero-order valence-electron chi connectivity index (χ0n) is 8.24. The molecule has 0 aliphatic heterocycles. The van der Waals surface area contributed by atoms with Crippen LogP contribution in [0.15, 0.2) is 24.3 Å². The van der Waals surface area contributed by atoms with Crippen LogP contribution < -0.4 is 0 Å². The molecule has 1 aromatic rings. The number of aldehydes is 1. The van der Waals surface area contributed by atoms with Crippen LogP contribution in [0.5, 0.6) is 0 Å². The summed E-state index contributed by atoms with van der Waals surface area (Å²) in [4.78, 5) is 12.3. The van der Waals surface area contributed by atoms with Gasteiger partial charge in [-0.3, -0.25) is 0 Å². The summed E-state index contributed by atoms with van der Waals surface area (Å²) >= 11 is 6.01. The highest BCUT2D eigenvalue weighted by Gasteiger charge is 2.02. The Kier molecular flexibility index (Phi) is 4.63. The second-order valence-electron chi connectivity index (χ2n) is 3.28. The van der Waals surface area contributed by atoms with E-state index in [-0.39, 0.29) is 0 Å². The average molecular weight is 212 g/mol. The highest BCUT2D eigenvalue weighted by molar-refractivity contribution is 6.31. The van der Waals surface area contributed by atoms with Crippen LogP contribution in [-0.2, 0) is 11.3 Å². The molecule has 3 heteroatoms. The first kappa shape index (κ1) is 11.2. The lowest BCUT2D eigenvalue weighted by Crippen LogP contribution is -2.19. The third kappa shape index (κ3) is 3.48. The summed E-state index contributed by atoms with van der Waals surface area (Å²) in [5.41, 5.74) is 1.10. The Morgan fingerprint density at radius 2 is 2.14 bits per heavy atom. The first-order valence-electron chi connectivity index (χ1n) is 4.59. The molecule has 2 nitrogen and oxygen atoms in total. The molecule has 0 unspecified atom stereocenters. The minimum absolute atomic E-state index is 0.570. The van der Waals surface area contributed by atoms with E-state index in [4.69, 9.17) is 11.6 Å². The fourth-order valence-electron chi connectivity index (χ4n) is 1.27. The van der Waals surface area contributed by atoms with E-state index < -0.39 is 0 Å². The molecule has 0 radical (unpaired) electrons. The van der Waals surface area contributed by atoms with Gasteiger partial charge in [-0.1, -0.05) is 29.8 Å². The number of hydrogen-bond donors (Lipinski definition) is 0. The lowest BCUT2D eigenvalue weighted by atomic mass is 10.2. The van der Waals surface area contributed by atoms with Gasteiger partial charge < -0.3 is 9.69 Å². The summed E-state index contributed by atoms with van der Waals surface area (Å²) < 4.78 is 0. The molecule has 14 heavy (non-hydrogen) atoms. The molecule has 0 amide bonds. The van der Waals surface area contributed by atoms with Crippen molar-refractivity contribution >= 4 is 17.9 Å². The Balaban J connectivity index is 2.51. The smallest absolute Gasteiger partial charge is 0.121 e. The average Bonchev–Trinajstić information content (AvgIpc) is 2.18. The van der Waals surface area contributed by atoms with Crippen molar-refractivity contribution in [2.45, 2.75) is 13.0 Å². The van der Waals surface area contributed by atoms with Gasteiger partial charge in [0.05, 0.1) is 0 Å². The largest absolute Gasteiger partial charge is 0.303 e. The monoisotopic (exact) mass is 211 g/mol. The Bertz CT molecular complexity index is 301. The SMILES string of the molecule is CN(CCC=O)Cc1ccccc1Cl. The van der Waals surface area contributed by atoms with Crippen molar-refractivity contribution < 1.29 is 4.79 Å². The maximum absolute atomic E-state index is 10.2. The van der Waals surface area contributed by atoms with Crippen molar-refractivity contribution in [1.82, 2.24) is 4.90 Å². The van der Waals surface area contributed by atoms with Gasteiger partial charge in [0.1, 0.15) is 6.29 Å². The second-order valence-corrected chi connectivity index (χ2v) is 3.69. The predicted molar refractivity (Wildman–Crippen MR) is 58.5 cm³/mol. The highest BCUT2D eigenvalue weighted by Crippen LogP contribution is 2.16. The summed E-state index contributed by atoms with van der Waals surface area (Å²) in [7, 11) is 1.98. The first-order valence-corrected chi connectivity index (χ1v) is 4.97. The Labute approximate surface area is 89.5 Å². The molecule has 0 aliphatic rings. The number of hydrogen-bond acceptors (Lipinski definition) is 2. The molecule has 1 aromatic carbocycles. The summed E-state index contributed by atoms with van der Waals surface area (Å²) in [6.07, 6.45) is 1.50. The van der Waals surface area contributed by atoms with Crippen molar-refractivity contribution in [2.24, 2.45) is 0 Å². The van der Waals surface area contributed by atoms with Gasteiger partial charge in [-0.05, 0) is 18.7 Å². The molecule has 0 saturated heterocycles. The van der Waals surface area contributed by atoms with E-state index >= 15 is 0 Å². The normalized spacial score (nSPS) is 10.5. The molecular weight excluding hydrogens is 198 g/mol. The van der Waals surface area contributed by atoms with Gasteiger partial charge in [0.2, 0.25) is 0 Å². The maximum atomic E-state index is 10.2. The van der Waals surface area contributed by atoms with Crippen molar-refractivity contribution in [1.29, 1.82) is 0 Å². The standard InChI is InChI=1S/C11H14ClNO/c1-13(7-4-8-14)9-10-5-2-3-6-11(10)12/h2-3,5-6,8H,4,7,9H2,1H3. The number of rotatable bonds is 5. The van der Waals surface area contributed by atoms with Crippen molar-refractivity contribution in [2.75, 3.05) is 13.6 Å². The minimum atomic E-state index is 0.570. The van der Waals surface area contributed by atoms with E-state index in [0.717, 1.165) is 30.0 Å². The molecule has 1 rings (SSSR count). The summed E-state index contributed by atoms with van der Waals surface area (Å²) in [5.74, 6) is 0. The van der Waals surface area contributed by atoms with Gasteiger partial charge in [0.25, 0.3) is 0 Å². The Hall–Kier alpha value is -0.860. The van der Waals surface area contributed by atoms with E-state index in [9.17, 15) is 4.79 Å². The van der Waals surface area contributed by atoms with Gasteiger partial charge in [0.15, 0.2) is 0 Å². The zero-order valence-corrected chi connectivity index (χ0v) is 9.00. The van der Waals surface area contributed by atoms with Crippen LogP contribution in [0.1, 0.15) is 12.0 Å². The van der Waals surface area contributed by atoms with Crippen molar-refractivity contribution in [3.63, 3.8) is 0 Å². The van der Waals surface area contributed by atoms with Crippen LogP contribution in [0.2, 0.25) is 5.02 Å². The van der Waals surface area contributed by atoms with E-state index in [1.54, 1.807) is 0 Å². The van der Waals surface area contributed by atoms with E-state index in [0.29, 0.717) is 6.42 Å². The molecule has 0 saturated carbocycles. The second kappa shape index (κ2) is 5.78. The molecular formula is C11H14ClNO. The lowest BCUT2D eigenvalue weighted by Gasteiger charge is -2.15. The summed E-state index contributed by atoms with van der Waals surface area (Å²) in [6.45, 7) is 1.56. The quantitative estimate of drug-likeness (QED) is 0.697. The minimum Gasteiger partial charge on any atom is -0.303 e. The van der Waals surface area contributed by atoms with Gasteiger partial charge in [-0.15, -0.1) is 0 Å². The van der Waals surface area contributed by atoms with Crippen LogP contribution in [0.25, 0.3) is 0 Å². The molecule has 0 N–H and O–H groups in total. The number of nitrogens with zero attached hydrogens (tertiary/aromatic N) is 1. The third-order valence-electron chi connectivity index (χ3n) is 2.03. The van der Waals surface area contributed by atoms with Gasteiger partial charge in [0, 0.05) is 24.5 Å². The first-order chi connectivity index (χ1) is 6.74. The Morgan fingerprint density at radius 1 is 1.43 bits per heavy atom. The molecule has 0 atom stereocenters. The molecule has 0 spiro atoms. The fraction of sp³-hybridized carbons (Fsp3) is 0.364. The topological polar surface area (TPSA) is 20.3 Å². The Morgan fingerprint density at radius 3 is 2.79 bits per heavy atom. The molecule has 0 heterocycles. The molecule has 0 aliphatic carbocycles. The number of benzene rings is 1. The number of carbonyl (C=O) groups is 1. The van der Waals surface area contributed by atoms with Crippen LogP contribution in [0.4, 0.5) is 0 Å². The van der Waals surface area contributed by atoms with E-state index in [1.807, 2.05) is 31.3 Å². The molecule has 0 aromatic heterocycles. The number of carbonyl (C=O) groups excluding carboxylic acids is 1. The zero-order chi connectivity index (χ0) is 10.4. The van der Waals surface area contributed by atoms with Crippen molar-refractivity contribution in [3.05, 3.63) is 34.9 Å². The van der Waals surface area contributed by atoms with Crippen molar-refractivity contribution in [3.8, 4) is 0 Å². The van der Waals surface area contributed by atoms with E-state index in [2.05, 4.69) is 4.90 Å². The predicted octanol–water partition coefficient (Wildman–Crippen LogP) is 2.36. The van der Waals surface area contributed by atoms with Gasteiger partial charge in [-0.25, -0.2) is 0 Å². The number of halogens is 1. The summed E-state index contributed by atoms with van der Waals surface area (Å²) in [5, 5.41) is 0.783. The van der Waals surface area contributed by atoms with Gasteiger partial charge in [-0.2, -0.15) is 0 Å². The lowest BCUT2D eigenvalue weighted by molar-refractivity contribution is -0.108. The summed E-state index contributed by atoms with van der Waals surface area (Å²) in [6, 6.07) is 7.76. The van der Waals surface area contributed by atoms with Gasteiger partial charge >= 0.3 is 0 Å². The highest BCUT2D eigenvalue weighted by atomic mass is 35.5. The van der Waals surface area contributed by atoms with Crippen LogP contribution in [-0.4, -0.2) is 24.8 Å². The molecule has 0 bridgehead atoms. The van der Waals surface area contributed by atoms with E-state index in [1.165, 1.54) is 0 Å². The fourth-order valence-corrected chi connectivity index (χ4v) is 1.47. The maximum Gasteiger partial charge on any atom is 0.121 e. The van der Waals surface area contributed by atoms with Crippen LogP contribution in [0.3, 0.4) is 0 Å². The van der Waals surface area contributed by atoms with Crippen LogP contribution >= 0.6 is 11.6 Å². The molecule has 0 fully saturated rings. The molecule has 76 valence electrons.